The van der Waals surface area contributed by atoms with Gasteiger partial charge >= 0.3 is 0 Å². The third kappa shape index (κ3) is 3.33. The van der Waals surface area contributed by atoms with Crippen molar-refractivity contribution in [3.8, 4) is 5.75 Å². The van der Waals surface area contributed by atoms with Crippen molar-refractivity contribution in [1.29, 1.82) is 0 Å². The van der Waals surface area contributed by atoms with E-state index in [1.54, 1.807) is 12.3 Å². The lowest BCUT2D eigenvalue weighted by molar-refractivity contribution is 0.140. The van der Waals surface area contributed by atoms with E-state index in [0.717, 1.165) is 25.3 Å². The minimum absolute atomic E-state index is 0.219. The zero-order chi connectivity index (χ0) is 12.5. The summed E-state index contributed by atoms with van der Waals surface area (Å²) in [4.78, 5) is 6.46. The predicted molar refractivity (Wildman–Crippen MR) is 69.6 cm³/mol. The molecule has 1 fully saturated rings. The first-order valence-electron chi connectivity index (χ1n) is 5.98. The van der Waals surface area contributed by atoms with E-state index in [9.17, 15) is 0 Å². The van der Waals surface area contributed by atoms with Crippen molar-refractivity contribution >= 4 is 11.6 Å². The van der Waals surface area contributed by atoms with Crippen molar-refractivity contribution in [2.45, 2.75) is 38.8 Å². The van der Waals surface area contributed by atoms with Crippen LogP contribution in [0, 0.1) is 0 Å². The van der Waals surface area contributed by atoms with Crippen LogP contribution in [0.2, 0.25) is 5.15 Å². The molecule has 0 spiro atoms. The van der Waals surface area contributed by atoms with E-state index >= 15 is 0 Å². The van der Waals surface area contributed by atoms with Crippen molar-refractivity contribution < 1.29 is 4.74 Å². The minimum Gasteiger partial charge on any atom is -0.487 e. The highest BCUT2D eigenvalue weighted by molar-refractivity contribution is 6.29. The zero-order valence-corrected chi connectivity index (χ0v) is 11.4. The van der Waals surface area contributed by atoms with E-state index in [0.29, 0.717) is 5.15 Å². The number of aromatic nitrogens is 1. The van der Waals surface area contributed by atoms with Gasteiger partial charge in [-0.2, -0.15) is 0 Å². The number of likely N-dealkylation sites (tertiary alicyclic amines) is 1. The molecule has 0 bridgehead atoms. The van der Waals surface area contributed by atoms with Crippen LogP contribution in [0.1, 0.15) is 27.2 Å². The Balaban J connectivity index is 1.92. The monoisotopic (exact) mass is 254 g/mol. The van der Waals surface area contributed by atoms with E-state index in [1.807, 2.05) is 6.07 Å². The molecule has 3 nitrogen and oxygen atoms in total. The van der Waals surface area contributed by atoms with Crippen LogP contribution in [-0.2, 0) is 0 Å². The molecule has 0 aromatic carbocycles. The largest absolute Gasteiger partial charge is 0.487 e. The number of halogens is 1. The van der Waals surface area contributed by atoms with E-state index in [-0.39, 0.29) is 11.6 Å². The Kier molecular flexibility index (Phi) is 3.59. The van der Waals surface area contributed by atoms with Gasteiger partial charge in [-0.25, -0.2) is 4.98 Å². The van der Waals surface area contributed by atoms with Gasteiger partial charge in [0.05, 0.1) is 6.20 Å². The van der Waals surface area contributed by atoms with Crippen molar-refractivity contribution in [1.82, 2.24) is 9.88 Å². The molecule has 1 saturated heterocycles. The summed E-state index contributed by atoms with van der Waals surface area (Å²) in [5, 5.41) is 0.500. The van der Waals surface area contributed by atoms with Crippen LogP contribution in [0.4, 0.5) is 0 Å². The van der Waals surface area contributed by atoms with E-state index in [2.05, 4.69) is 30.7 Å². The molecule has 0 N–H and O–H groups in total. The maximum absolute atomic E-state index is 5.89. The number of ether oxygens (including phenoxy) is 1. The zero-order valence-electron chi connectivity index (χ0n) is 10.6. The molecule has 1 aliphatic rings. The van der Waals surface area contributed by atoms with Crippen LogP contribution >= 0.6 is 11.6 Å². The second kappa shape index (κ2) is 4.83. The molecule has 1 aliphatic heterocycles. The molecule has 0 saturated carbocycles. The summed E-state index contributed by atoms with van der Waals surface area (Å²) in [6, 6.07) is 3.63. The quantitative estimate of drug-likeness (QED) is 0.759. The Labute approximate surface area is 108 Å². The normalized spacial score (nSPS) is 21.8. The van der Waals surface area contributed by atoms with Crippen molar-refractivity contribution in [3.63, 3.8) is 0 Å². The minimum atomic E-state index is 0.219. The lowest BCUT2D eigenvalue weighted by Gasteiger charge is -2.31. The van der Waals surface area contributed by atoms with Crippen LogP contribution in [-0.4, -0.2) is 34.6 Å². The molecule has 2 rings (SSSR count). The molecule has 4 heteroatoms. The summed E-state index contributed by atoms with van der Waals surface area (Å²) >= 11 is 5.74. The molecule has 1 aromatic rings. The number of hydrogen-bond donors (Lipinski definition) is 0. The second-order valence-electron chi connectivity index (χ2n) is 5.46. The predicted octanol–water partition coefficient (Wildman–Crippen LogP) is 2.99. The van der Waals surface area contributed by atoms with Crippen molar-refractivity contribution in [3.05, 3.63) is 23.5 Å². The van der Waals surface area contributed by atoms with Gasteiger partial charge in [-0.15, -0.1) is 0 Å². The second-order valence-corrected chi connectivity index (χ2v) is 5.85. The van der Waals surface area contributed by atoms with Crippen LogP contribution < -0.4 is 4.74 Å². The average molecular weight is 255 g/mol. The Bertz CT molecular complexity index is 372. The lowest BCUT2D eigenvalue weighted by atomic mass is 10.1. The van der Waals surface area contributed by atoms with Crippen LogP contribution in [0.25, 0.3) is 0 Å². The first-order valence-corrected chi connectivity index (χ1v) is 6.36. The van der Waals surface area contributed by atoms with E-state index in [1.165, 1.54) is 0 Å². The maximum atomic E-state index is 5.89. The highest BCUT2D eigenvalue weighted by Gasteiger charge is 2.31. The molecule has 1 atom stereocenters. The van der Waals surface area contributed by atoms with Gasteiger partial charge < -0.3 is 4.74 Å². The highest BCUT2D eigenvalue weighted by atomic mass is 35.5. The summed E-state index contributed by atoms with van der Waals surface area (Å²) in [6.45, 7) is 8.78. The standard InChI is InChI=1S/C13H19ClN2O/c1-13(2,3)16-7-6-11(9-16)17-10-4-5-12(14)15-8-10/h4-5,8,11H,6-7,9H2,1-3H3. The van der Waals surface area contributed by atoms with E-state index in [4.69, 9.17) is 16.3 Å². The fraction of sp³-hybridized carbons (Fsp3) is 0.615. The van der Waals surface area contributed by atoms with Gasteiger partial charge in [0, 0.05) is 18.6 Å². The number of nitrogens with zero attached hydrogens (tertiary/aromatic N) is 2. The molecule has 17 heavy (non-hydrogen) atoms. The molecule has 0 aliphatic carbocycles. The number of rotatable bonds is 2. The van der Waals surface area contributed by atoms with Gasteiger partial charge in [-0.05, 0) is 39.3 Å². The molecular formula is C13H19ClN2O. The maximum Gasteiger partial charge on any atom is 0.138 e. The average Bonchev–Trinajstić information content (AvgIpc) is 2.69. The Morgan fingerprint density at radius 1 is 1.41 bits per heavy atom. The smallest absolute Gasteiger partial charge is 0.138 e. The fourth-order valence-corrected chi connectivity index (χ4v) is 2.17. The van der Waals surface area contributed by atoms with Crippen molar-refractivity contribution in [2.24, 2.45) is 0 Å². The SMILES string of the molecule is CC(C)(C)N1CCC(Oc2ccc(Cl)nc2)C1. The van der Waals surface area contributed by atoms with Gasteiger partial charge in [0.2, 0.25) is 0 Å². The van der Waals surface area contributed by atoms with Gasteiger partial charge in [-0.1, -0.05) is 11.6 Å². The number of hydrogen-bond acceptors (Lipinski definition) is 3. The molecule has 94 valence electrons. The highest BCUT2D eigenvalue weighted by Crippen LogP contribution is 2.24. The van der Waals surface area contributed by atoms with Gasteiger partial charge in [0.15, 0.2) is 0 Å². The van der Waals surface area contributed by atoms with Gasteiger partial charge in [0.25, 0.3) is 0 Å². The van der Waals surface area contributed by atoms with E-state index < -0.39 is 0 Å². The molecule has 1 aromatic heterocycles. The molecule has 0 radical (unpaired) electrons. The first-order chi connectivity index (χ1) is 7.95. The fourth-order valence-electron chi connectivity index (χ4n) is 2.06. The Morgan fingerprint density at radius 3 is 2.71 bits per heavy atom. The summed E-state index contributed by atoms with van der Waals surface area (Å²) in [7, 11) is 0. The first kappa shape index (κ1) is 12.7. The summed E-state index contributed by atoms with van der Waals surface area (Å²) in [5.74, 6) is 0.801. The van der Waals surface area contributed by atoms with Crippen LogP contribution in [0.15, 0.2) is 18.3 Å². The summed E-state index contributed by atoms with van der Waals surface area (Å²) in [6.07, 6.45) is 3.01. The molecular weight excluding hydrogens is 236 g/mol. The third-order valence-corrected chi connectivity index (χ3v) is 3.32. The van der Waals surface area contributed by atoms with Gasteiger partial charge in [0.1, 0.15) is 17.0 Å². The van der Waals surface area contributed by atoms with Crippen LogP contribution in [0.5, 0.6) is 5.75 Å². The summed E-state index contributed by atoms with van der Waals surface area (Å²) < 4.78 is 5.89. The summed E-state index contributed by atoms with van der Waals surface area (Å²) in [5.41, 5.74) is 0.219. The number of pyridine rings is 1. The van der Waals surface area contributed by atoms with Gasteiger partial charge in [-0.3, -0.25) is 4.90 Å². The topological polar surface area (TPSA) is 25.4 Å². The van der Waals surface area contributed by atoms with Crippen LogP contribution in [0.3, 0.4) is 0 Å². The Hall–Kier alpha value is -0.800. The molecule has 0 amide bonds. The third-order valence-electron chi connectivity index (χ3n) is 3.10. The molecule has 1 unspecified atom stereocenters. The van der Waals surface area contributed by atoms with Crippen molar-refractivity contribution in [2.75, 3.05) is 13.1 Å². The Morgan fingerprint density at radius 2 is 2.18 bits per heavy atom. The molecule has 2 heterocycles. The lowest BCUT2D eigenvalue weighted by Crippen LogP contribution is -2.40.